The summed E-state index contributed by atoms with van der Waals surface area (Å²) in [4.78, 5) is 22.2. The number of carbonyl (C=O) groups excluding carboxylic acids is 2. The molecule has 1 saturated heterocycles. The van der Waals surface area contributed by atoms with Gasteiger partial charge in [0.05, 0.1) is 6.61 Å². The summed E-state index contributed by atoms with van der Waals surface area (Å²) >= 11 is 5.37. The molecule has 1 aliphatic heterocycles. The molecule has 68 valence electrons. The van der Waals surface area contributed by atoms with Crippen molar-refractivity contribution in [1.82, 2.24) is 0 Å². The van der Waals surface area contributed by atoms with E-state index >= 15 is 0 Å². The predicted molar refractivity (Wildman–Crippen MR) is 43.8 cm³/mol. The maximum Gasteiger partial charge on any atom is 0.321 e. The van der Waals surface area contributed by atoms with E-state index in [4.69, 9.17) is 16.3 Å². The fraction of sp³-hybridized carbons (Fsp3) is 0.750. The summed E-state index contributed by atoms with van der Waals surface area (Å²) in [5.74, 6) is -0.454. The first kappa shape index (κ1) is 9.52. The standard InChI is InChI=1S/C8H11ClO3/c1-2-3-8(6(9)10)4-5-12-7(8)11/h2-5H2,1H3. The lowest BCUT2D eigenvalue weighted by atomic mass is 9.83. The van der Waals surface area contributed by atoms with Gasteiger partial charge >= 0.3 is 5.97 Å². The molecular formula is C8H11ClO3. The molecule has 0 radical (unpaired) electrons. The Morgan fingerprint density at radius 3 is 2.75 bits per heavy atom. The first-order valence-corrected chi connectivity index (χ1v) is 4.38. The van der Waals surface area contributed by atoms with E-state index in [1.54, 1.807) is 0 Å². The van der Waals surface area contributed by atoms with Gasteiger partial charge in [-0.15, -0.1) is 0 Å². The Morgan fingerprint density at radius 1 is 1.75 bits per heavy atom. The fourth-order valence-electron chi connectivity index (χ4n) is 1.49. The zero-order chi connectivity index (χ0) is 9.19. The van der Waals surface area contributed by atoms with Crippen LogP contribution >= 0.6 is 11.6 Å². The molecule has 0 bridgehead atoms. The molecule has 0 aliphatic carbocycles. The van der Waals surface area contributed by atoms with Crippen LogP contribution < -0.4 is 0 Å². The summed E-state index contributed by atoms with van der Waals surface area (Å²) in [5, 5.41) is -0.577. The van der Waals surface area contributed by atoms with E-state index in [1.165, 1.54) is 0 Å². The Balaban J connectivity index is 2.85. The molecule has 0 N–H and O–H groups in total. The molecule has 12 heavy (non-hydrogen) atoms. The Hall–Kier alpha value is -0.570. The molecule has 0 saturated carbocycles. The van der Waals surface area contributed by atoms with Crippen LogP contribution in [0.3, 0.4) is 0 Å². The van der Waals surface area contributed by atoms with Gasteiger partial charge in [0, 0.05) is 6.42 Å². The van der Waals surface area contributed by atoms with E-state index in [-0.39, 0.29) is 0 Å². The maximum absolute atomic E-state index is 11.2. The monoisotopic (exact) mass is 190 g/mol. The topological polar surface area (TPSA) is 43.4 Å². The van der Waals surface area contributed by atoms with Gasteiger partial charge in [0.15, 0.2) is 0 Å². The zero-order valence-corrected chi connectivity index (χ0v) is 7.69. The summed E-state index contributed by atoms with van der Waals surface area (Å²) < 4.78 is 4.74. The molecule has 3 nitrogen and oxygen atoms in total. The second kappa shape index (κ2) is 3.44. The third kappa shape index (κ3) is 1.33. The van der Waals surface area contributed by atoms with E-state index in [2.05, 4.69) is 0 Å². The van der Waals surface area contributed by atoms with Crippen molar-refractivity contribution in [3.05, 3.63) is 0 Å². The second-order valence-electron chi connectivity index (χ2n) is 2.99. The lowest BCUT2D eigenvalue weighted by molar-refractivity contribution is -0.149. The van der Waals surface area contributed by atoms with Crippen LogP contribution in [0.25, 0.3) is 0 Å². The normalized spacial score (nSPS) is 28.7. The molecular weight excluding hydrogens is 180 g/mol. The molecule has 0 aromatic carbocycles. The van der Waals surface area contributed by atoms with Crippen molar-refractivity contribution < 1.29 is 14.3 Å². The van der Waals surface area contributed by atoms with Crippen LogP contribution in [0.4, 0.5) is 0 Å². The summed E-state index contributed by atoms with van der Waals surface area (Å²) in [6.45, 7) is 2.23. The average Bonchev–Trinajstić information content (AvgIpc) is 2.34. The third-order valence-electron chi connectivity index (χ3n) is 2.21. The van der Waals surface area contributed by atoms with Gasteiger partial charge in [0.2, 0.25) is 5.24 Å². The number of halogens is 1. The molecule has 0 spiro atoms. The highest BCUT2D eigenvalue weighted by Gasteiger charge is 2.49. The van der Waals surface area contributed by atoms with E-state index in [9.17, 15) is 9.59 Å². The van der Waals surface area contributed by atoms with E-state index in [1.807, 2.05) is 6.92 Å². The van der Waals surface area contributed by atoms with E-state index in [0.717, 1.165) is 6.42 Å². The van der Waals surface area contributed by atoms with Crippen molar-refractivity contribution >= 4 is 22.8 Å². The predicted octanol–water partition coefficient (Wildman–Crippen LogP) is 1.49. The Bertz CT molecular complexity index is 214. The fourth-order valence-corrected chi connectivity index (χ4v) is 1.75. The number of carbonyl (C=O) groups is 2. The highest BCUT2D eigenvalue weighted by Crippen LogP contribution is 2.37. The van der Waals surface area contributed by atoms with E-state index in [0.29, 0.717) is 19.4 Å². The summed E-state index contributed by atoms with van der Waals surface area (Å²) in [6, 6.07) is 0. The average molecular weight is 191 g/mol. The Labute approximate surface area is 76.0 Å². The quantitative estimate of drug-likeness (QED) is 0.385. The lowest BCUT2D eigenvalue weighted by Gasteiger charge is -2.17. The molecule has 1 rings (SSSR count). The minimum Gasteiger partial charge on any atom is -0.465 e. The second-order valence-corrected chi connectivity index (χ2v) is 3.34. The summed E-state index contributed by atoms with van der Waals surface area (Å²) in [6.07, 6.45) is 1.68. The number of esters is 1. The van der Waals surface area contributed by atoms with Crippen molar-refractivity contribution in [3.8, 4) is 0 Å². The molecule has 0 aromatic heterocycles. The molecule has 0 amide bonds. The van der Waals surface area contributed by atoms with Crippen molar-refractivity contribution in [2.75, 3.05) is 6.61 Å². The molecule has 4 heteroatoms. The number of ether oxygens (including phenoxy) is 1. The molecule has 1 heterocycles. The van der Waals surface area contributed by atoms with Crippen molar-refractivity contribution in [2.24, 2.45) is 5.41 Å². The molecule has 0 aromatic rings. The SMILES string of the molecule is CCCC1(C(=O)Cl)CCOC1=O. The molecule has 1 unspecified atom stereocenters. The van der Waals surface area contributed by atoms with E-state index < -0.39 is 16.6 Å². The van der Waals surface area contributed by atoms with Gasteiger partial charge in [0.25, 0.3) is 0 Å². The van der Waals surface area contributed by atoms with Crippen LogP contribution in [0.5, 0.6) is 0 Å². The van der Waals surface area contributed by atoms with Crippen LogP contribution in [-0.4, -0.2) is 17.8 Å². The lowest BCUT2D eigenvalue weighted by Crippen LogP contribution is -2.32. The van der Waals surface area contributed by atoms with Crippen LogP contribution in [0.1, 0.15) is 26.2 Å². The zero-order valence-electron chi connectivity index (χ0n) is 6.93. The van der Waals surface area contributed by atoms with Gasteiger partial charge in [-0.3, -0.25) is 9.59 Å². The highest BCUT2D eigenvalue weighted by molar-refractivity contribution is 6.66. The summed E-state index contributed by atoms with van der Waals surface area (Å²) in [7, 11) is 0. The largest absolute Gasteiger partial charge is 0.465 e. The molecule has 1 fully saturated rings. The Kier molecular flexibility index (Phi) is 2.73. The van der Waals surface area contributed by atoms with Crippen LogP contribution in [0.15, 0.2) is 0 Å². The van der Waals surface area contributed by atoms with Crippen molar-refractivity contribution in [1.29, 1.82) is 0 Å². The van der Waals surface area contributed by atoms with Crippen molar-refractivity contribution in [2.45, 2.75) is 26.2 Å². The third-order valence-corrected chi connectivity index (χ3v) is 2.57. The minimum absolute atomic E-state index is 0.317. The van der Waals surface area contributed by atoms with Gasteiger partial charge in [-0.1, -0.05) is 13.3 Å². The highest BCUT2D eigenvalue weighted by atomic mass is 35.5. The van der Waals surface area contributed by atoms with Gasteiger partial charge in [-0.25, -0.2) is 0 Å². The van der Waals surface area contributed by atoms with Crippen LogP contribution in [0, 0.1) is 5.41 Å². The minimum atomic E-state index is -1.03. The maximum atomic E-state index is 11.2. The van der Waals surface area contributed by atoms with Gasteiger partial charge < -0.3 is 4.74 Å². The Morgan fingerprint density at radius 2 is 2.42 bits per heavy atom. The van der Waals surface area contributed by atoms with Gasteiger partial charge in [-0.2, -0.15) is 0 Å². The van der Waals surface area contributed by atoms with Gasteiger partial charge in [0.1, 0.15) is 5.41 Å². The van der Waals surface area contributed by atoms with Crippen molar-refractivity contribution in [3.63, 3.8) is 0 Å². The smallest absolute Gasteiger partial charge is 0.321 e. The summed E-state index contributed by atoms with van der Waals surface area (Å²) in [5.41, 5.74) is -1.03. The van der Waals surface area contributed by atoms with Crippen LogP contribution in [0.2, 0.25) is 0 Å². The van der Waals surface area contributed by atoms with Gasteiger partial charge in [-0.05, 0) is 18.0 Å². The van der Waals surface area contributed by atoms with Crippen LogP contribution in [-0.2, 0) is 14.3 Å². The molecule has 1 atom stereocenters. The number of cyclic esters (lactones) is 1. The molecule has 1 aliphatic rings. The number of rotatable bonds is 3. The first-order chi connectivity index (χ1) is 5.63. The number of hydrogen-bond acceptors (Lipinski definition) is 3. The first-order valence-electron chi connectivity index (χ1n) is 4.00. The number of hydrogen-bond donors (Lipinski definition) is 0.